The largest absolute Gasteiger partial charge is 0.393 e. The van der Waals surface area contributed by atoms with Crippen LogP contribution in [-0.2, 0) is 6.42 Å². The monoisotopic (exact) mass is 370 g/mol. The van der Waals surface area contributed by atoms with E-state index in [1.54, 1.807) is 23.1 Å². The van der Waals surface area contributed by atoms with Crippen molar-refractivity contribution in [3.8, 4) is 5.82 Å². The molecule has 1 aromatic carbocycles. The first kappa shape index (κ1) is 17.4. The lowest BCUT2D eigenvalue weighted by Crippen LogP contribution is -2.35. The van der Waals surface area contributed by atoms with Crippen LogP contribution in [-0.4, -0.2) is 32.8 Å². The van der Waals surface area contributed by atoms with E-state index in [1.807, 2.05) is 6.07 Å². The highest BCUT2D eigenvalue weighted by Gasteiger charge is 2.23. The number of aromatic nitrogens is 4. The molecule has 0 atom stereocenters. The molecule has 1 saturated heterocycles. The summed E-state index contributed by atoms with van der Waals surface area (Å²) >= 11 is 0. The topological polar surface area (TPSA) is 72.9 Å². The Morgan fingerprint density at radius 1 is 1.07 bits per heavy atom. The maximum Gasteiger partial charge on any atom is 0.181 e. The zero-order valence-electron chi connectivity index (χ0n) is 14.7. The van der Waals surface area contributed by atoms with Gasteiger partial charge in [-0.15, -0.1) is 0 Å². The van der Waals surface area contributed by atoms with Crippen LogP contribution in [0.2, 0.25) is 0 Å². The second-order valence-corrected chi connectivity index (χ2v) is 6.77. The fourth-order valence-electron chi connectivity index (χ4n) is 3.55. The molecule has 0 saturated carbocycles. The Bertz CT molecular complexity index is 920. The van der Waals surface area contributed by atoms with E-state index in [0.29, 0.717) is 23.2 Å². The van der Waals surface area contributed by atoms with Gasteiger partial charge in [-0.3, -0.25) is 0 Å². The van der Waals surface area contributed by atoms with Gasteiger partial charge >= 0.3 is 0 Å². The van der Waals surface area contributed by atoms with E-state index in [9.17, 15) is 8.78 Å². The molecule has 0 spiro atoms. The minimum atomic E-state index is -0.805. The van der Waals surface area contributed by atoms with Crippen molar-refractivity contribution in [1.29, 1.82) is 0 Å². The summed E-state index contributed by atoms with van der Waals surface area (Å²) in [5.41, 5.74) is 7.62. The molecule has 1 aliphatic rings. The number of nitrogens with two attached hydrogens (primary N) is 1. The van der Waals surface area contributed by atoms with Gasteiger partial charge in [0.2, 0.25) is 0 Å². The second kappa shape index (κ2) is 7.30. The van der Waals surface area contributed by atoms with Crippen molar-refractivity contribution in [1.82, 2.24) is 19.7 Å². The van der Waals surface area contributed by atoms with Crippen molar-refractivity contribution in [2.75, 3.05) is 23.7 Å². The van der Waals surface area contributed by atoms with E-state index < -0.39 is 11.6 Å². The molecule has 0 amide bonds. The average molecular weight is 370 g/mol. The molecule has 1 fully saturated rings. The minimum absolute atomic E-state index is 0.416. The Morgan fingerprint density at radius 3 is 2.56 bits per heavy atom. The molecule has 4 rings (SSSR count). The molecule has 140 valence electrons. The van der Waals surface area contributed by atoms with Crippen molar-refractivity contribution in [2.45, 2.75) is 19.3 Å². The number of rotatable bonds is 4. The standard InChI is InChI=1S/C19H20F2N6/c20-15-3-2-14(11-16(15)21)10-13-4-8-26(9-5-13)18-17(22)19(24-12-23-18)27-7-1-6-25-27/h1-3,6-7,11-13H,4-5,8-10,22H2. The quantitative estimate of drug-likeness (QED) is 0.764. The smallest absolute Gasteiger partial charge is 0.181 e. The van der Waals surface area contributed by atoms with Crippen molar-refractivity contribution in [3.63, 3.8) is 0 Å². The maximum absolute atomic E-state index is 13.4. The summed E-state index contributed by atoms with van der Waals surface area (Å²) in [6.45, 7) is 1.60. The molecule has 0 unspecified atom stereocenters. The van der Waals surface area contributed by atoms with Gasteiger partial charge in [-0.1, -0.05) is 6.07 Å². The van der Waals surface area contributed by atoms with Gasteiger partial charge < -0.3 is 10.6 Å². The van der Waals surface area contributed by atoms with E-state index >= 15 is 0 Å². The third-order valence-corrected chi connectivity index (χ3v) is 4.99. The zero-order chi connectivity index (χ0) is 18.8. The molecule has 8 heteroatoms. The van der Waals surface area contributed by atoms with Gasteiger partial charge in [-0.2, -0.15) is 5.10 Å². The summed E-state index contributed by atoms with van der Waals surface area (Å²) in [5.74, 6) is 0.0982. The van der Waals surface area contributed by atoms with Gasteiger partial charge in [0.15, 0.2) is 23.3 Å². The third-order valence-electron chi connectivity index (χ3n) is 4.99. The number of piperidine rings is 1. The molecule has 27 heavy (non-hydrogen) atoms. The minimum Gasteiger partial charge on any atom is -0.393 e. The summed E-state index contributed by atoms with van der Waals surface area (Å²) in [6, 6.07) is 5.95. The summed E-state index contributed by atoms with van der Waals surface area (Å²) in [4.78, 5) is 10.7. The van der Waals surface area contributed by atoms with Gasteiger partial charge in [0.05, 0.1) is 0 Å². The number of nitrogens with zero attached hydrogens (tertiary/aromatic N) is 5. The summed E-state index contributed by atoms with van der Waals surface area (Å²) in [7, 11) is 0. The highest BCUT2D eigenvalue weighted by Crippen LogP contribution is 2.30. The molecule has 3 aromatic rings. The molecule has 1 aliphatic heterocycles. The molecule has 0 aliphatic carbocycles. The van der Waals surface area contributed by atoms with Crippen LogP contribution in [0.3, 0.4) is 0 Å². The van der Waals surface area contributed by atoms with Crippen molar-refractivity contribution >= 4 is 11.5 Å². The number of hydrogen-bond donors (Lipinski definition) is 1. The normalized spacial score (nSPS) is 15.3. The van der Waals surface area contributed by atoms with Crippen LogP contribution < -0.4 is 10.6 Å². The predicted molar refractivity (Wildman–Crippen MR) is 98.6 cm³/mol. The number of nitrogen functional groups attached to an aromatic ring is 1. The molecule has 2 N–H and O–H groups in total. The van der Waals surface area contributed by atoms with Crippen LogP contribution in [0.4, 0.5) is 20.3 Å². The number of anilines is 2. The zero-order valence-corrected chi connectivity index (χ0v) is 14.7. The first-order chi connectivity index (χ1) is 13.1. The molecular formula is C19H20F2N6. The summed E-state index contributed by atoms with van der Waals surface area (Å²) < 4.78 is 28.1. The molecule has 3 heterocycles. The van der Waals surface area contributed by atoms with Gasteiger partial charge in [0, 0.05) is 25.5 Å². The molecule has 6 nitrogen and oxygen atoms in total. The van der Waals surface area contributed by atoms with E-state index in [2.05, 4.69) is 20.0 Å². The second-order valence-electron chi connectivity index (χ2n) is 6.77. The lowest BCUT2D eigenvalue weighted by molar-refractivity contribution is 0.401. The highest BCUT2D eigenvalue weighted by molar-refractivity contribution is 5.70. The van der Waals surface area contributed by atoms with Gasteiger partial charge in [-0.25, -0.2) is 23.4 Å². The average Bonchev–Trinajstić information content (AvgIpc) is 3.20. The highest BCUT2D eigenvalue weighted by atomic mass is 19.2. The molecule has 2 aromatic heterocycles. The molecule has 0 bridgehead atoms. The van der Waals surface area contributed by atoms with Gasteiger partial charge in [0.25, 0.3) is 0 Å². The fraction of sp³-hybridized carbons (Fsp3) is 0.316. The van der Waals surface area contributed by atoms with Crippen LogP contribution in [0.1, 0.15) is 18.4 Å². The number of hydrogen-bond acceptors (Lipinski definition) is 5. The Labute approximate surface area is 155 Å². The number of benzene rings is 1. The Kier molecular flexibility index (Phi) is 4.70. The lowest BCUT2D eigenvalue weighted by atomic mass is 9.90. The van der Waals surface area contributed by atoms with E-state index in [0.717, 1.165) is 37.9 Å². The van der Waals surface area contributed by atoms with Crippen LogP contribution in [0.5, 0.6) is 0 Å². The Morgan fingerprint density at radius 2 is 1.85 bits per heavy atom. The molecule has 0 radical (unpaired) electrons. The number of halogens is 2. The first-order valence-electron chi connectivity index (χ1n) is 8.91. The van der Waals surface area contributed by atoms with Gasteiger partial charge in [-0.05, 0) is 48.9 Å². The third kappa shape index (κ3) is 3.60. The lowest BCUT2D eigenvalue weighted by Gasteiger charge is -2.33. The summed E-state index contributed by atoms with van der Waals surface area (Å²) in [5, 5.41) is 4.18. The summed E-state index contributed by atoms with van der Waals surface area (Å²) in [6.07, 6.45) is 7.56. The predicted octanol–water partition coefficient (Wildman–Crippen LogP) is 2.98. The van der Waals surface area contributed by atoms with Crippen molar-refractivity contribution < 1.29 is 8.78 Å². The van der Waals surface area contributed by atoms with E-state index in [1.165, 1.54) is 18.5 Å². The van der Waals surface area contributed by atoms with Crippen LogP contribution in [0.25, 0.3) is 5.82 Å². The Hall–Kier alpha value is -3.03. The molecular weight excluding hydrogens is 350 g/mol. The maximum atomic E-state index is 13.4. The van der Waals surface area contributed by atoms with Gasteiger partial charge in [0.1, 0.15) is 12.0 Å². The van der Waals surface area contributed by atoms with Crippen LogP contribution >= 0.6 is 0 Å². The fourth-order valence-corrected chi connectivity index (χ4v) is 3.55. The van der Waals surface area contributed by atoms with E-state index in [-0.39, 0.29) is 0 Å². The van der Waals surface area contributed by atoms with Crippen LogP contribution in [0, 0.1) is 17.6 Å². The van der Waals surface area contributed by atoms with Crippen molar-refractivity contribution in [3.05, 3.63) is 60.2 Å². The van der Waals surface area contributed by atoms with Crippen molar-refractivity contribution in [2.24, 2.45) is 5.92 Å². The SMILES string of the molecule is Nc1c(N2CCC(Cc3ccc(F)c(F)c3)CC2)ncnc1-n1cccn1. The Balaban J connectivity index is 1.43. The van der Waals surface area contributed by atoms with E-state index in [4.69, 9.17) is 5.73 Å². The van der Waals surface area contributed by atoms with Crippen LogP contribution in [0.15, 0.2) is 43.0 Å². The first-order valence-corrected chi connectivity index (χ1v) is 8.91.